The number of benzene rings is 2. The highest BCUT2D eigenvalue weighted by molar-refractivity contribution is 6.04. The summed E-state index contributed by atoms with van der Waals surface area (Å²) in [5.74, 6) is 0.493. The second-order valence-electron chi connectivity index (χ2n) is 6.19. The molecule has 1 aromatic heterocycles. The van der Waals surface area contributed by atoms with Crippen molar-refractivity contribution in [3.8, 4) is 5.75 Å². The minimum Gasteiger partial charge on any atom is -0.497 e. The Morgan fingerprint density at radius 3 is 2.32 bits per heavy atom. The van der Waals surface area contributed by atoms with Gasteiger partial charge in [0.2, 0.25) is 5.91 Å². The van der Waals surface area contributed by atoms with Gasteiger partial charge in [-0.2, -0.15) is 0 Å². The molecule has 2 aromatic carbocycles. The van der Waals surface area contributed by atoms with Gasteiger partial charge in [-0.1, -0.05) is 24.3 Å². The summed E-state index contributed by atoms with van der Waals surface area (Å²) in [7, 11) is 1.61. The topological polar surface area (TPSA) is 80.3 Å². The summed E-state index contributed by atoms with van der Waals surface area (Å²) in [5.41, 5.74) is 3.05. The zero-order valence-electron chi connectivity index (χ0n) is 15.5. The number of carbonyl (C=O) groups is 2. The van der Waals surface area contributed by atoms with Crippen molar-refractivity contribution in [2.75, 3.05) is 12.4 Å². The van der Waals surface area contributed by atoms with E-state index in [1.807, 2.05) is 36.4 Å². The van der Waals surface area contributed by atoms with Crippen LogP contribution >= 0.6 is 0 Å². The van der Waals surface area contributed by atoms with Crippen LogP contribution in [0.5, 0.6) is 5.75 Å². The van der Waals surface area contributed by atoms with Crippen LogP contribution in [0.1, 0.15) is 21.5 Å². The first-order chi connectivity index (χ1) is 13.6. The van der Waals surface area contributed by atoms with Gasteiger partial charge in [0.05, 0.1) is 19.1 Å². The van der Waals surface area contributed by atoms with Gasteiger partial charge in [0.25, 0.3) is 5.91 Å². The molecular formula is C22H21N3O3. The molecule has 0 atom stereocenters. The van der Waals surface area contributed by atoms with Gasteiger partial charge in [-0.15, -0.1) is 0 Å². The van der Waals surface area contributed by atoms with E-state index >= 15 is 0 Å². The second-order valence-corrected chi connectivity index (χ2v) is 6.19. The first-order valence-corrected chi connectivity index (χ1v) is 8.84. The fraction of sp³-hybridized carbons (Fsp3) is 0.136. The number of amides is 2. The maximum absolute atomic E-state index is 12.1. The van der Waals surface area contributed by atoms with Crippen LogP contribution in [0.25, 0.3) is 0 Å². The van der Waals surface area contributed by atoms with Gasteiger partial charge in [0.1, 0.15) is 5.75 Å². The molecule has 6 heteroatoms. The number of nitrogens with zero attached hydrogens (tertiary/aromatic N) is 1. The number of pyridine rings is 1. The summed E-state index contributed by atoms with van der Waals surface area (Å²) in [5, 5.41) is 5.71. The molecule has 2 N–H and O–H groups in total. The van der Waals surface area contributed by atoms with Crippen LogP contribution in [0.3, 0.4) is 0 Å². The minimum absolute atomic E-state index is 0.0564. The molecule has 0 radical (unpaired) electrons. The third-order valence-electron chi connectivity index (χ3n) is 4.15. The van der Waals surface area contributed by atoms with Crippen molar-refractivity contribution in [3.05, 3.63) is 89.7 Å². The molecule has 0 bridgehead atoms. The highest BCUT2D eigenvalue weighted by Crippen LogP contribution is 2.13. The van der Waals surface area contributed by atoms with E-state index in [0.717, 1.165) is 16.9 Å². The molecule has 0 saturated carbocycles. The number of anilines is 1. The van der Waals surface area contributed by atoms with Gasteiger partial charge >= 0.3 is 0 Å². The largest absolute Gasteiger partial charge is 0.497 e. The highest BCUT2D eigenvalue weighted by atomic mass is 16.5. The average molecular weight is 375 g/mol. The molecule has 3 rings (SSSR count). The lowest BCUT2D eigenvalue weighted by atomic mass is 10.1. The van der Waals surface area contributed by atoms with Crippen molar-refractivity contribution >= 4 is 17.5 Å². The van der Waals surface area contributed by atoms with Crippen LogP contribution in [0, 0.1) is 0 Å². The SMILES string of the molecule is COc1ccc(CC(=O)NCc2ccc(NC(=O)c3cccnc3)cc2)cc1. The normalized spacial score (nSPS) is 10.2. The van der Waals surface area contributed by atoms with Crippen molar-refractivity contribution < 1.29 is 14.3 Å². The lowest BCUT2D eigenvalue weighted by Gasteiger charge is -2.08. The number of methoxy groups -OCH3 is 1. The smallest absolute Gasteiger partial charge is 0.257 e. The number of ether oxygens (including phenoxy) is 1. The summed E-state index contributed by atoms with van der Waals surface area (Å²) in [6.45, 7) is 0.422. The molecule has 0 aliphatic heterocycles. The lowest BCUT2D eigenvalue weighted by molar-refractivity contribution is -0.120. The molecule has 6 nitrogen and oxygen atoms in total. The molecule has 0 aliphatic carbocycles. The fourth-order valence-corrected chi connectivity index (χ4v) is 2.60. The van der Waals surface area contributed by atoms with Crippen molar-refractivity contribution in [3.63, 3.8) is 0 Å². The number of aromatic nitrogens is 1. The van der Waals surface area contributed by atoms with E-state index in [9.17, 15) is 9.59 Å². The van der Waals surface area contributed by atoms with Crippen LogP contribution in [0.4, 0.5) is 5.69 Å². The van der Waals surface area contributed by atoms with Crippen molar-refractivity contribution in [1.82, 2.24) is 10.3 Å². The number of nitrogens with one attached hydrogen (secondary N) is 2. The van der Waals surface area contributed by atoms with Gasteiger partial charge in [-0.25, -0.2) is 0 Å². The Balaban J connectivity index is 1.48. The van der Waals surface area contributed by atoms with E-state index in [2.05, 4.69) is 15.6 Å². The molecule has 28 heavy (non-hydrogen) atoms. The zero-order chi connectivity index (χ0) is 19.8. The quantitative estimate of drug-likeness (QED) is 0.665. The van der Waals surface area contributed by atoms with E-state index < -0.39 is 0 Å². The number of carbonyl (C=O) groups excluding carboxylic acids is 2. The Morgan fingerprint density at radius 1 is 0.964 bits per heavy atom. The predicted molar refractivity (Wildman–Crippen MR) is 107 cm³/mol. The van der Waals surface area contributed by atoms with Gasteiger partial charge in [-0.05, 0) is 47.5 Å². The van der Waals surface area contributed by atoms with Crippen molar-refractivity contribution in [2.24, 2.45) is 0 Å². The Morgan fingerprint density at radius 2 is 1.68 bits per heavy atom. The van der Waals surface area contributed by atoms with Gasteiger partial charge in [0.15, 0.2) is 0 Å². The zero-order valence-corrected chi connectivity index (χ0v) is 15.5. The number of hydrogen-bond acceptors (Lipinski definition) is 4. The Bertz CT molecular complexity index is 924. The molecule has 1 heterocycles. The lowest BCUT2D eigenvalue weighted by Crippen LogP contribution is -2.24. The average Bonchev–Trinajstić information content (AvgIpc) is 2.74. The molecule has 0 spiro atoms. The van der Waals surface area contributed by atoms with E-state index in [1.165, 1.54) is 6.20 Å². The maximum Gasteiger partial charge on any atom is 0.257 e. The summed E-state index contributed by atoms with van der Waals surface area (Å²) in [4.78, 5) is 28.1. The first kappa shape index (κ1) is 19.1. The van der Waals surface area contributed by atoms with E-state index in [1.54, 1.807) is 37.6 Å². The molecule has 142 valence electrons. The second kappa shape index (κ2) is 9.32. The predicted octanol–water partition coefficient (Wildman–Crippen LogP) is 3.20. The summed E-state index contributed by atoms with van der Waals surface area (Å²) in [6.07, 6.45) is 3.44. The molecule has 0 unspecified atom stereocenters. The third kappa shape index (κ3) is 5.41. The first-order valence-electron chi connectivity index (χ1n) is 8.84. The molecule has 2 amide bonds. The number of rotatable bonds is 7. The molecule has 0 fully saturated rings. The van der Waals surface area contributed by atoms with Gasteiger partial charge in [0, 0.05) is 24.6 Å². The van der Waals surface area contributed by atoms with E-state index in [4.69, 9.17) is 4.74 Å². The fourth-order valence-electron chi connectivity index (χ4n) is 2.60. The molecular weight excluding hydrogens is 354 g/mol. The standard InChI is InChI=1S/C22H21N3O3/c1-28-20-10-6-16(7-11-20)13-21(26)24-14-17-4-8-19(9-5-17)25-22(27)18-3-2-12-23-15-18/h2-12,15H,13-14H2,1H3,(H,24,26)(H,25,27). The summed E-state index contributed by atoms with van der Waals surface area (Å²) in [6, 6.07) is 18.2. The van der Waals surface area contributed by atoms with Crippen LogP contribution in [-0.2, 0) is 17.8 Å². The maximum atomic E-state index is 12.1. The van der Waals surface area contributed by atoms with Crippen LogP contribution < -0.4 is 15.4 Å². The van der Waals surface area contributed by atoms with Crippen molar-refractivity contribution in [1.29, 1.82) is 0 Å². The summed E-state index contributed by atoms with van der Waals surface area (Å²) >= 11 is 0. The van der Waals surface area contributed by atoms with Crippen molar-refractivity contribution in [2.45, 2.75) is 13.0 Å². The van der Waals surface area contributed by atoms with Crippen LogP contribution in [0.15, 0.2) is 73.1 Å². The summed E-state index contributed by atoms with van der Waals surface area (Å²) < 4.78 is 5.11. The van der Waals surface area contributed by atoms with E-state index in [0.29, 0.717) is 24.2 Å². The van der Waals surface area contributed by atoms with E-state index in [-0.39, 0.29) is 11.8 Å². The minimum atomic E-state index is -0.214. The molecule has 3 aromatic rings. The molecule has 0 saturated heterocycles. The number of hydrogen-bond donors (Lipinski definition) is 2. The van der Waals surface area contributed by atoms with Gasteiger partial charge in [-0.3, -0.25) is 14.6 Å². The Hall–Kier alpha value is -3.67. The Kier molecular flexibility index (Phi) is 6.36. The highest BCUT2D eigenvalue weighted by Gasteiger charge is 2.07. The van der Waals surface area contributed by atoms with Gasteiger partial charge < -0.3 is 15.4 Å². The molecule has 0 aliphatic rings. The van der Waals surface area contributed by atoms with Crippen LogP contribution in [-0.4, -0.2) is 23.9 Å². The Labute approximate surface area is 163 Å². The monoisotopic (exact) mass is 375 g/mol. The third-order valence-corrected chi connectivity index (χ3v) is 4.15. The van der Waals surface area contributed by atoms with Crippen LogP contribution in [0.2, 0.25) is 0 Å².